The van der Waals surface area contributed by atoms with Gasteiger partial charge >= 0.3 is 12.1 Å². The number of amides is 1. The Morgan fingerprint density at radius 3 is 2.54 bits per heavy atom. The largest absolute Gasteiger partial charge is 0.490 e. The van der Waals surface area contributed by atoms with E-state index in [1.807, 2.05) is 32.1 Å². The summed E-state index contributed by atoms with van der Waals surface area (Å²) in [6, 6.07) is 6.44. The van der Waals surface area contributed by atoms with E-state index in [-0.39, 0.29) is 34.6 Å². The molecule has 10 nitrogen and oxygen atoms in total. The monoisotopic (exact) mass is 580 g/mol. The minimum atomic E-state index is -2.02. The highest BCUT2D eigenvalue weighted by molar-refractivity contribution is 6.74. The predicted molar refractivity (Wildman–Crippen MR) is 159 cm³/mol. The number of allylic oxidation sites excluding steroid dienone is 4. The quantitative estimate of drug-likeness (QED) is 0.111. The summed E-state index contributed by atoms with van der Waals surface area (Å²) >= 11 is 0. The molecule has 0 aromatic heterocycles. The number of hydrogen-bond acceptors (Lipinski definition) is 7. The first-order valence-corrected chi connectivity index (χ1v) is 16.6. The fourth-order valence-electron chi connectivity index (χ4n) is 4.44. The van der Waals surface area contributed by atoms with Gasteiger partial charge in [0.15, 0.2) is 14.2 Å². The van der Waals surface area contributed by atoms with Crippen LogP contribution in [0, 0.1) is 11.3 Å². The molecule has 3 rings (SSSR count). The molecule has 0 saturated carbocycles. The summed E-state index contributed by atoms with van der Waals surface area (Å²) in [4.78, 5) is 31.4. The molecule has 0 saturated heterocycles. The number of oxime groups is 1. The molecular formula is C30H40N4O6Si. The standard InChI is InChI=1S/C30H40N4O6Si/c1-19(2)39-26-14-11-20(17-21(26)18-31)28(35)40-33-27(32)24-10-8-9-23-22(24)12-13-25(23)34(29(36)37)15-16-38-41(6,7)30(3,4)5/h8,10-11,14,17,19H,9,12-13,15-16H2,1-7H3,(H2,32,33)(H,36,37). The van der Waals surface area contributed by atoms with Crippen LogP contribution in [0.4, 0.5) is 4.79 Å². The molecule has 2 aliphatic rings. The molecule has 0 unspecified atom stereocenters. The molecule has 1 aromatic carbocycles. The van der Waals surface area contributed by atoms with Crippen LogP contribution in [0.1, 0.15) is 69.8 Å². The minimum Gasteiger partial charge on any atom is -0.490 e. The molecular weight excluding hydrogens is 540 g/mol. The topological polar surface area (TPSA) is 147 Å². The second-order valence-electron chi connectivity index (χ2n) is 11.8. The number of ether oxygens (including phenoxy) is 1. The number of nitrogens with two attached hydrogens (primary N) is 1. The van der Waals surface area contributed by atoms with Gasteiger partial charge in [-0.05, 0) is 80.6 Å². The van der Waals surface area contributed by atoms with Crippen molar-refractivity contribution < 1.29 is 28.7 Å². The highest BCUT2D eigenvalue weighted by Crippen LogP contribution is 2.41. The van der Waals surface area contributed by atoms with Crippen molar-refractivity contribution in [3.8, 4) is 11.8 Å². The Balaban J connectivity index is 1.78. The van der Waals surface area contributed by atoms with Crippen LogP contribution >= 0.6 is 0 Å². The van der Waals surface area contributed by atoms with Crippen LogP contribution in [0.5, 0.6) is 5.75 Å². The van der Waals surface area contributed by atoms with Gasteiger partial charge in [-0.15, -0.1) is 0 Å². The van der Waals surface area contributed by atoms with Crippen LogP contribution < -0.4 is 10.5 Å². The van der Waals surface area contributed by atoms with Gasteiger partial charge in [-0.2, -0.15) is 5.26 Å². The molecule has 3 N–H and O–H groups in total. The van der Waals surface area contributed by atoms with E-state index in [1.165, 1.54) is 17.0 Å². The molecule has 2 aliphatic carbocycles. The Morgan fingerprint density at radius 1 is 1.22 bits per heavy atom. The maximum absolute atomic E-state index is 12.7. The summed E-state index contributed by atoms with van der Waals surface area (Å²) in [6.07, 6.45) is 4.24. The number of nitriles is 1. The maximum atomic E-state index is 12.7. The first-order valence-electron chi connectivity index (χ1n) is 13.7. The third-order valence-corrected chi connectivity index (χ3v) is 12.1. The Kier molecular flexibility index (Phi) is 9.84. The number of fused-ring (bicyclic) bond motifs is 1. The highest BCUT2D eigenvalue weighted by Gasteiger charge is 2.37. The van der Waals surface area contributed by atoms with E-state index in [9.17, 15) is 20.0 Å². The van der Waals surface area contributed by atoms with E-state index in [2.05, 4.69) is 39.0 Å². The number of carboxylic acid groups (broad SMARTS) is 1. The Labute approximate surface area is 242 Å². The van der Waals surface area contributed by atoms with Crippen molar-refractivity contribution in [3.05, 3.63) is 63.9 Å². The van der Waals surface area contributed by atoms with Crippen molar-refractivity contribution >= 4 is 26.2 Å². The van der Waals surface area contributed by atoms with Crippen molar-refractivity contribution in [2.24, 2.45) is 10.9 Å². The summed E-state index contributed by atoms with van der Waals surface area (Å²) in [5, 5.41) is 23.3. The molecule has 11 heteroatoms. The number of carbonyl (C=O) groups excluding carboxylic acids is 1. The van der Waals surface area contributed by atoms with Gasteiger partial charge in [0, 0.05) is 11.3 Å². The fourth-order valence-corrected chi connectivity index (χ4v) is 5.47. The zero-order valence-electron chi connectivity index (χ0n) is 24.9. The molecule has 1 aromatic rings. The molecule has 1 amide bonds. The lowest BCUT2D eigenvalue weighted by molar-refractivity contribution is 0.0516. The minimum absolute atomic E-state index is 0.00598. The summed E-state index contributed by atoms with van der Waals surface area (Å²) < 4.78 is 11.8. The number of benzene rings is 1. The third kappa shape index (κ3) is 7.45. The van der Waals surface area contributed by atoms with Gasteiger partial charge in [0.1, 0.15) is 11.8 Å². The van der Waals surface area contributed by atoms with Crippen LogP contribution in [-0.2, 0) is 9.26 Å². The SMILES string of the molecule is CC(C)Oc1ccc(C(=O)ON=C(N)C2=C3CCC(N(CCO[Si](C)(C)C(C)(C)C)C(=O)O)=C3CC=C2)cc1C#N. The number of rotatable bonds is 10. The summed E-state index contributed by atoms with van der Waals surface area (Å²) in [5.41, 5.74) is 9.67. The van der Waals surface area contributed by atoms with E-state index in [1.54, 1.807) is 6.07 Å². The zero-order valence-corrected chi connectivity index (χ0v) is 25.9. The van der Waals surface area contributed by atoms with Gasteiger partial charge in [-0.3, -0.25) is 4.90 Å². The second-order valence-corrected chi connectivity index (χ2v) is 16.6. The average molecular weight is 581 g/mol. The van der Waals surface area contributed by atoms with Crippen LogP contribution in [0.15, 0.2) is 57.9 Å². The Bertz CT molecular complexity index is 1360. The highest BCUT2D eigenvalue weighted by atomic mass is 28.4. The van der Waals surface area contributed by atoms with Crippen molar-refractivity contribution in [1.82, 2.24) is 4.90 Å². The lowest BCUT2D eigenvalue weighted by atomic mass is 9.93. The molecule has 41 heavy (non-hydrogen) atoms. The van der Waals surface area contributed by atoms with Crippen molar-refractivity contribution in [2.75, 3.05) is 13.2 Å². The molecule has 0 radical (unpaired) electrons. The van der Waals surface area contributed by atoms with Gasteiger partial charge in [-0.25, -0.2) is 9.59 Å². The number of carbonyl (C=O) groups is 2. The van der Waals surface area contributed by atoms with Gasteiger partial charge in [0.05, 0.1) is 30.4 Å². The summed E-state index contributed by atoms with van der Waals surface area (Å²) in [6.45, 7) is 15.0. The van der Waals surface area contributed by atoms with Crippen molar-refractivity contribution in [1.29, 1.82) is 5.26 Å². The number of amidine groups is 1. The molecule has 0 fully saturated rings. The fraction of sp³-hybridized carbons (Fsp3) is 0.467. The van der Waals surface area contributed by atoms with Crippen LogP contribution in [0.2, 0.25) is 18.1 Å². The lowest BCUT2D eigenvalue weighted by Crippen LogP contribution is -2.43. The average Bonchev–Trinajstić information content (AvgIpc) is 3.32. The molecule has 220 valence electrons. The van der Waals surface area contributed by atoms with Crippen LogP contribution in [-0.4, -0.2) is 55.5 Å². The van der Waals surface area contributed by atoms with E-state index >= 15 is 0 Å². The van der Waals surface area contributed by atoms with Gasteiger partial charge in [0.25, 0.3) is 0 Å². The number of hydrogen-bond donors (Lipinski definition) is 2. The zero-order chi connectivity index (χ0) is 30.5. The van der Waals surface area contributed by atoms with Crippen LogP contribution in [0.25, 0.3) is 0 Å². The van der Waals surface area contributed by atoms with Crippen molar-refractivity contribution in [2.45, 2.75) is 78.1 Å². The van der Waals surface area contributed by atoms with E-state index in [0.29, 0.717) is 37.2 Å². The normalized spacial score (nSPS) is 15.6. The second kappa shape index (κ2) is 12.7. The van der Waals surface area contributed by atoms with Gasteiger partial charge < -0.3 is 24.8 Å². The summed E-state index contributed by atoms with van der Waals surface area (Å²) in [7, 11) is -2.02. The smallest absolute Gasteiger partial charge is 0.411 e. The molecule has 0 bridgehead atoms. The Morgan fingerprint density at radius 2 is 1.93 bits per heavy atom. The van der Waals surface area contributed by atoms with E-state index in [0.717, 1.165) is 16.8 Å². The van der Waals surface area contributed by atoms with Gasteiger partial charge in [0.2, 0.25) is 0 Å². The first kappa shape index (κ1) is 31.6. The van der Waals surface area contributed by atoms with Gasteiger partial charge in [-0.1, -0.05) is 38.1 Å². The first-order chi connectivity index (χ1) is 19.2. The van der Waals surface area contributed by atoms with Crippen LogP contribution in [0.3, 0.4) is 0 Å². The molecule has 0 aliphatic heterocycles. The third-order valence-electron chi connectivity index (χ3n) is 7.60. The lowest BCUT2D eigenvalue weighted by Gasteiger charge is -2.36. The Hall–Kier alpha value is -3.88. The van der Waals surface area contributed by atoms with E-state index < -0.39 is 20.4 Å². The molecule has 0 atom stereocenters. The predicted octanol–water partition coefficient (Wildman–Crippen LogP) is 6.08. The molecule has 0 heterocycles. The maximum Gasteiger partial charge on any atom is 0.411 e. The van der Waals surface area contributed by atoms with E-state index in [4.69, 9.17) is 19.7 Å². The number of nitrogens with zero attached hydrogens (tertiary/aromatic N) is 3. The van der Waals surface area contributed by atoms with Crippen molar-refractivity contribution in [3.63, 3.8) is 0 Å². The molecule has 0 spiro atoms. The summed E-state index contributed by atoms with van der Waals surface area (Å²) in [5.74, 6) is -0.390.